The number of rotatable bonds is 9. The van der Waals surface area contributed by atoms with Crippen LogP contribution in [0.5, 0.6) is 11.5 Å². The van der Waals surface area contributed by atoms with Crippen LogP contribution in [0.1, 0.15) is 29.2 Å². The Bertz CT molecular complexity index is 1340. The molecule has 3 amide bonds. The van der Waals surface area contributed by atoms with E-state index in [-0.39, 0.29) is 12.5 Å². The summed E-state index contributed by atoms with van der Waals surface area (Å²) in [5.41, 5.74) is 6.90. The van der Waals surface area contributed by atoms with E-state index >= 15 is 0 Å². The van der Waals surface area contributed by atoms with Gasteiger partial charge in [-0.2, -0.15) is 5.10 Å². The molecule has 0 aliphatic rings. The minimum Gasteiger partial charge on any atom is -0.490 e. The molecule has 0 aliphatic heterocycles. The van der Waals surface area contributed by atoms with E-state index in [2.05, 4.69) is 43.8 Å². The van der Waals surface area contributed by atoms with Gasteiger partial charge in [0.25, 0.3) is 5.91 Å². The predicted octanol–water partition coefficient (Wildman–Crippen LogP) is 4.72. The summed E-state index contributed by atoms with van der Waals surface area (Å²) in [6.07, 6.45) is 1.39. The van der Waals surface area contributed by atoms with E-state index in [0.717, 1.165) is 16.7 Å². The van der Waals surface area contributed by atoms with Gasteiger partial charge < -0.3 is 20.1 Å². The number of para-hydroxylation sites is 1. The topological polar surface area (TPSA) is 118 Å². The van der Waals surface area contributed by atoms with Gasteiger partial charge in [0.2, 0.25) is 0 Å². The van der Waals surface area contributed by atoms with Gasteiger partial charge in [-0.15, -0.1) is 0 Å². The van der Waals surface area contributed by atoms with Gasteiger partial charge in [0.05, 0.1) is 16.4 Å². The molecule has 9 nitrogen and oxygen atoms in total. The standard InChI is InChI=1S/C28H29IN4O5/c1-5-37-23-14-20(15-30-33-28(36)27(35)32-25-18(3)7-6-8-19(25)4)13-22(29)26(23)38-16-24(34)31-21-11-9-17(2)10-12-21/h6-15H,5,16H2,1-4H3,(H,31,34)(H,32,35)(H,33,36)/b30-15-. The Kier molecular flexibility index (Phi) is 10.2. The molecule has 0 atom stereocenters. The lowest BCUT2D eigenvalue weighted by Gasteiger charge is -2.14. The van der Waals surface area contributed by atoms with E-state index in [4.69, 9.17) is 9.47 Å². The van der Waals surface area contributed by atoms with Crippen LogP contribution in [-0.4, -0.2) is 37.1 Å². The second-order valence-electron chi connectivity index (χ2n) is 8.39. The molecule has 0 heterocycles. The van der Waals surface area contributed by atoms with E-state index in [1.807, 2.05) is 70.2 Å². The molecule has 10 heteroatoms. The van der Waals surface area contributed by atoms with Crippen molar-refractivity contribution in [3.8, 4) is 11.5 Å². The molecule has 198 valence electrons. The third kappa shape index (κ3) is 8.04. The second kappa shape index (κ2) is 13.6. The van der Waals surface area contributed by atoms with Gasteiger partial charge in [0.15, 0.2) is 18.1 Å². The van der Waals surface area contributed by atoms with Crippen LogP contribution in [0.25, 0.3) is 0 Å². The highest BCUT2D eigenvalue weighted by Gasteiger charge is 2.16. The maximum absolute atomic E-state index is 12.4. The average Bonchev–Trinajstić information content (AvgIpc) is 2.87. The summed E-state index contributed by atoms with van der Waals surface area (Å²) >= 11 is 2.07. The third-order valence-corrected chi connectivity index (χ3v) is 6.12. The van der Waals surface area contributed by atoms with Crippen molar-refractivity contribution in [1.29, 1.82) is 0 Å². The number of hydrazone groups is 1. The van der Waals surface area contributed by atoms with Crippen LogP contribution < -0.4 is 25.5 Å². The minimum atomic E-state index is -0.900. The fourth-order valence-electron chi connectivity index (χ4n) is 3.44. The van der Waals surface area contributed by atoms with E-state index in [1.165, 1.54) is 6.21 Å². The van der Waals surface area contributed by atoms with Crippen LogP contribution in [0.4, 0.5) is 11.4 Å². The average molecular weight is 628 g/mol. The van der Waals surface area contributed by atoms with Crippen molar-refractivity contribution in [1.82, 2.24) is 5.43 Å². The van der Waals surface area contributed by atoms with Crippen LogP contribution in [0.2, 0.25) is 0 Å². The second-order valence-corrected chi connectivity index (χ2v) is 9.55. The van der Waals surface area contributed by atoms with Gasteiger partial charge in [-0.05, 0) is 91.2 Å². The molecule has 0 radical (unpaired) electrons. The van der Waals surface area contributed by atoms with Crippen LogP contribution in [0.3, 0.4) is 0 Å². The van der Waals surface area contributed by atoms with E-state index in [9.17, 15) is 14.4 Å². The molecule has 3 N–H and O–H groups in total. The summed E-state index contributed by atoms with van der Waals surface area (Å²) in [7, 11) is 0. The lowest BCUT2D eigenvalue weighted by atomic mass is 10.1. The maximum atomic E-state index is 12.4. The fraction of sp³-hybridized carbons (Fsp3) is 0.214. The van der Waals surface area contributed by atoms with Crippen molar-refractivity contribution in [2.24, 2.45) is 5.10 Å². The van der Waals surface area contributed by atoms with Crippen molar-refractivity contribution < 1.29 is 23.9 Å². The number of amides is 3. The van der Waals surface area contributed by atoms with Gasteiger partial charge >= 0.3 is 11.8 Å². The van der Waals surface area contributed by atoms with E-state index in [0.29, 0.717) is 38.6 Å². The molecule has 3 aromatic carbocycles. The van der Waals surface area contributed by atoms with Crippen LogP contribution in [0, 0.1) is 24.3 Å². The largest absolute Gasteiger partial charge is 0.490 e. The predicted molar refractivity (Wildman–Crippen MR) is 156 cm³/mol. The Balaban J connectivity index is 1.62. The zero-order valence-electron chi connectivity index (χ0n) is 21.6. The molecule has 0 spiro atoms. The molecule has 0 bridgehead atoms. The third-order valence-electron chi connectivity index (χ3n) is 5.32. The maximum Gasteiger partial charge on any atom is 0.329 e. The van der Waals surface area contributed by atoms with E-state index < -0.39 is 11.8 Å². The molecule has 3 rings (SSSR count). The van der Waals surface area contributed by atoms with Gasteiger partial charge in [-0.25, -0.2) is 5.43 Å². The number of anilines is 2. The smallest absolute Gasteiger partial charge is 0.329 e. The number of benzene rings is 3. The molecule has 3 aromatic rings. The number of carbonyl (C=O) groups excluding carboxylic acids is 3. The molecular weight excluding hydrogens is 599 g/mol. The van der Waals surface area contributed by atoms with E-state index in [1.54, 1.807) is 12.1 Å². The van der Waals surface area contributed by atoms with Crippen molar-refractivity contribution in [2.75, 3.05) is 23.8 Å². The van der Waals surface area contributed by atoms with Crippen molar-refractivity contribution in [3.05, 3.63) is 80.4 Å². The summed E-state index contributed by atoms with van der Waals surface area (Å²) < 4.78 is 12.2. The van der Waals surface area contributed by atoms with Crippen molar-refractivity contribution >= 4 is 57.9 Å². The first kappa shape index (κ1) is 28.6. The van der Waals surface area contributed by atoms with Gasteiger partial charge in [-0.1, -0.05) is 35.9 Å². The normalized spacial score (nSPS) is 10.7. The van der Waals surface area contributed by atoms with Crippen LogP contribution in [0.15, 0.2) is 59.7 Å². The molecule has 0 fully saturated rings. The minimum absolute atomic E-state index is 0.205. The molecular formula is C28H29IN4O5. The summed E-state index contributed by atoms with van der Waals surface area (Å²) in [4.78, 5) is 36.9. The highest BCUT2D eigenvalue weighted by molar-refractivity contribution is 14.1. The molecule has 0 unspecified atom stereocenters. The number of aryl methyl sites for hydroxylation is 3. The highest BCUT2D eigenvalue weighted by atomic mass is 127. The van der Waals surface area contributed by atoms with Crippen molar-refractivity contribution in [2.45, 2.75) is 27.7 Å². The first-order valence-corrected chi connectivity index (χ1v) is 12.9. The number of hydrogen-bond donors (Lipinski definition) is 3. The number of ether oxygens (including phenoxy) is 2. The first-order chi connectivity index (χ1) is 18.2. The molecule has 0 saturated carbocycles. The Hall–Kier alpha value is -3.93. The van der Waals surface area contributed by atoms with Crippen molar-refractivity contribution in [3.63, 3.8) is 0 Å². The lowest BCUT2D eigenvalue weighted by Crippen LogP contribution is -2.32. The number of hydrogen-bond acceptors (Lipinski definition) is 6. The number of nitrogens with one attached hydrogen (secondary N) is 3. The number of carbonyl (C=O) groups is 3. The lowest BCUT2D eigenvalue weighted by molar-refractivity contribution is -0.136. The van der Waals surface area contributed by atoms with Crippen LogP contribution in [-0.2, 0) is 14.4 Å². The Labute approximate surface area is 235 Å². The Morgan fingerprint density at radius 2 is 1.61 bits per heavy atom. The number of halogens is 1. The number of nitrogens with zero attached hydrogens (tertiary/aromatic N) is 1. The molecule has 38 heavy (non-hydrogen) atoms. The summed E-state index contributed by atoms with van der Waals surface area (Å²) in [5.74, 6) is -1.19. The summed E-state index contributed by atoms with van der Waals surface area (Å²) in [6, 6.07) is 16.5. The molecule has 0 saturated heterocycles. The molecule has 0 aliphatic carbocycles. The highest BCUT2D eigenvalue weighted by Crippen LogP contribution is 2.34. The fourth-order valence-corrected chi connectivity index (χ4v) is 4.22. The molecule has 0 aromatic heterocycles. The van der Waals surface area contributed by atoms with Gasteiger partial charge in [0, 0.05) is 11.4 Å². The summed E-state index contributed by atoms with van der Waals surface area (Å²) in [5, 5.41) is 9.30. The van der Waals surface area contributed by atoms with Crippen LogP contribution >= 0.6 is 22.6 Å². The zero-order valence-corrected chi connectivity index (χ0v) is 23.7. The van der Waals surface area contributed by atoms with Gasteiger partial charge in [-0.3, -0.25) is 14.4 Å². The first-order valence-electron chi connectivity index (χ1n) is 11.8. The summed E-state index contributed by atoms with van der Waals surface area (Å²) in [6.45, 7) is 7.66. The monoisotopic (exact) mass is 628 g/mol. The van der Waals surface area contributed by atoms with Gasteiger partial charge in [0.1, 0.15) is 0 Å². The SMILES string of the molecule is CCOc1cc(/C=N\NC(=O)C(=O)Nc2c(C)cccc2C)cc(I)c1OCC(=O)Nc1ccc(C)cc1. The Morgan fingerprint density at radius 3 is 2.26 bits per heavy atom. The Morgan fingerprint density at radius 1 is 0.921 bits per heavy atom. The zero-order chi connectivity index (χ0) is 27.7. The quantitative estimate of drug-likeness (QED) is 0.137.